The molecule has 0 amide bonds. The molecule has 5 unspecified atom stereocenters. The van der Waals surface area contributed by atoms with Gasteiger partial charge in [0.1, 0.15) is 11.6 Å². The van der Waals surface area contributed by atoms with E-state index in [-0.39, 0.29) is 17.8 Å². The van der Waals surface area contributed by atoms with Gasteiger partial charge in [-0.15, -0.1) is 0 Å². The minimum Gasteiger partial charge on any atom is -0.493 e. The van der Waals surface area contributed by atoms with Crippen LogP contribution in [0.2, 0.25) is 0 Å². The lowest BCUT2D eigenvalue weighted by atomic mass is 9.91. The maximum Gasteiger partial charge on any atom is 0.134 e. The highest BCUT2D eigenvalue weighted by Crippen LogP contribution is 2.49. The SMILES string of the molecule is CCCC(CCC=Cc1ncc(CC)cc1C)C1CC1CCOc1ccc(C=CCCC(C)C(C)O)c(F)c1. The van der Waals surface area contributed by atoms with Gasteiger partial charge < -0.3 is 9.84 Å². The van der Waals surface area contributed by atoms with E-state index in [1.807, 2.05) is 38.3 Å². The van der Waals surface area contributed by atoms with Gasteiger partial charge >= 0.3 is 0 Å². The third-order valence-corrected chi connectivity index (χ3v) is 8.44. The molecule has 1 saturated carbocycles. The molecule has 2 aromatic rings. The summed E-state index contributed by atoms with van der Waals surface area (Å²) >= 11 is 0. The quantitative estimate of drug-likeness (QED) is 0.219. The van der Waals surface area contributed by atoms with Crippen molar-refractivity contribution < 1.29 is 14.2 Å². The van der Waals surface area contributed by atoms with E-state index in [1.54, 1.807) is 6.07 Å². The summed E-state index contributed by atoms with van der Waals surface area (Å²) in [6.45, 7) is 11.1. The molecule has 1 aliphatic rings. The van der Waals surface area contributed by atoms with E-state index in [9.17, 15) is 9.50 Å². The van der Waals surface area contributed by atoms with E-state index in [1.165, 1.54) is 42.9 Å². The number of aliphatic hydroxyl groups is 1. The lowest BCUT2D eigenvalue weighted by Gasteiger charge is -2.15. The van der Waals surface area contributed by atoms with Crippen molar-refractivity contribution in [1.29, 1.82) is 0 Å². The Morgan fingerprint density at radius 3 is 2.54 bits per heavy atom. The lowest BCUT2D eigenvalue weighted by molar-refractivity contribution is 0.131. The zero-order valence-electron chi connectivity index (χ0n) is 24.8. The van der Waals surface area contributed by atoms with Crippen LogP contribution in [0.5, 0.6) is 5.75 Å². The Labute approximate surface area is 236 Å². The largest absolute Gasteiger partial charge is 0.493 e. The average Bonchev–Trinajstić information content (AvgIpc) is 3.69. The number of aliphatic hydroxyl groups excluding tert-OH is 1. The number of hydrogen-bond acceptors (Lipinski definition) is 3. The highest BCUT2D eigenvalue weighted by atomic mass is 19.1. The van der Waals surface area contributed by atoms with Crippen molar-refractivity contribution in [3.63, 3.8) is 0 Å². The number of rotatable bonds is 17. The van der Waals surface area contributed by atoms with Crippen LogP contribution in [0, 0.1) is 36.4 Å². The van der Waals surface area contributed by atoms with E-state index in [0.717, 1.165) is 55.6 Å². The summed E-state index contributed by atoms with van der Waals surface area (Å²) in [5.41, 5.74) is 4.21. The van der Waals surface area contributed by atoms with Gasteiger partial charge in [0.2, 0.25) is 0 Å². The lowest BCUT2D eigenvalue weighted by Crippen LogP contribution is -2.12. The number of aryl methyl sites for hydroxylation is 2. The summed E-state index contributed by atoms with van der Waals surface area (Å²) in [7, 11) is 0. The first-order valence-corrected chi connectivity index (χ1v) is 15.2. The minimum absolute atomic E-state index is 0.242. The minimum atomic E-state index is -0.312. The molecule has 214 valence electrons. The Morgan fingerprint density at radius 2 is 1.85 bits per heavy atom. The fourth-order valence-corrected chi connectivity index (χ4v) is 5.51. The van der Waals surface area contributed by atoms with Gasteiger partial charge in [-0.1, -0.05) is 57.9 Å². The second kappa shape index (κ2) is 16.0. The summed E-state index contributed by atoms with van der Waals surface area (Å²) in [6.07, 6.45) is 19.9. The van der Waals surface area contributed by atoms with Crippen LogP contribution in [-0.4, -0.2) is 22.8 Å². The van der Waals surface area contributed by atoms with E-state index >= 15 is 0 Å². The van der Waals surface area contributed by atoms with E-state index < -0.39 is 0 Å². The van der Waals surface area contributed by atoms with Crippen LogP contribution in [0.1, 0.15) is 101 Å². The Morgan fingerprint density at radius 1 is 1.08 bits per heavy atom. The molecule has 0 radical (unpaired) electrons. The molecule has 1 fully saturated rings. The number of allylic oxidation sites excluding steroid dienone is 2. The monoisotopic (exact) mass is 535 g/mol. The van der Waals surface area contributed by atoms with Crippen molar-refractivity contribution >= 4 is 12.2 Å². The Balaban J connectivity index is 1.39. The summed E-state index contributed by atoms with van der Waals surface area (Å²) in [6, 6.07) is 7.40. The number of aromatic nitrogens is 1. The topological polar surface area (TPSA) is 42.4 Å². The van der Waals surface area contributed by atoms with Crippen molar-refractivity contribution in [2.24, 2.45) is 23.7 Å². The predicted octanol–water partition coefficient (Wildman–Crippen LogP) is 9.22. The summed E-state index contributed by atoms with van der Waals surface area (Å²) in [4.78, 5) is 4.62. The van der Waals surface area contributed by atoms with Crippen LogP contribution >= 0.6 is 0 Å². The average molecular weight is 536 g/mol. The molecule has 3 rings (SSSR count). The van der Waals surface area contributed by atoms with Crippen molar-refractivity contribution in [3.05, 3.63) is 70.8 Å². The van der Waals surface area contributed by atoms with Gasteiger partial charge in [0.25, 0.3) is 0 Å². The number of halogens is 1. The van der Waals surface area contributed by atoms with Crippen LogP contribution < -0.4 is 4.74 Å². The molecule has 4 heteroatoms. The maximum atomic E-state index is 14.5. The third kappa shape index (κ3) is 10.2. The molecule has 1 aliphatic carbocycles. The first kappa shape index (κ1) is 31.1. The summed E-state index contributed by atoms with van der Waals surface area (Å²) < 4.78 is 20.5. The summed E-state index contributed by atoms with van der Waals surface area (Å²) in [5.74, 6) is 2.90. The van der Waals surface area contributed by atoms with Gasteiger partial charge in [-0.2, -0.15) is 0 Å². The molecular weight excluding hydrogens is 485 g/mol. The van der Waals surface area contributed by atoms with Gasteiger partial charge in [-0.25, -0.2) is 4.39 Å². The van der Waals surface area contributed by atoms with Crippen LogP contribution in [0.4, 0.5) is 4.39 Å². The van der Waals surface area contributed by atoms with Crippen LogP contribution in [0.15, 0.2) is 42.6 Å². The Kier molecular flexibility index (Phi) is 12.7. The van der Waals surface area contributed by atoms with Crippen molar-refractivity contribution in [1.82, 2.24) is 4.98 Å². The van der Waals surface area contributed by atoms with E-state index in [0.29, 0.717) is 17.9 Å². The van der Waals surface area contributed by atoms with Gasteiger partial charge in [-0.05, 0) is 112 Å². The smallest absolute Gasteiger partial charge is 0.134 e. The van der Waals surface area contributed by atoms with Gasteiger partial charge in [0, 0.05) is 17.8 Å². The number of hydrogen-bond donors (Lipinski definition) is 1. The zero-order valence-corrected chi connectivity index (χ0v) is 24.8. The van der Waals surface area contributed by atoms with Gasteiger partial charge in [-0.3, -0.25) is 4.98 Å². The standard InChI is InChI=1S/C35H50FNO2/c1-6-12-29(14-10-11-16-35-26(4)21-28(7-2)24-37-35)33-22-31(33)19-20-39-32-18-17-30(34(36)23-32)15-9-8-13-25(3)27(5)38/h9,11,15-18,21,23-25,27,29,31,33,38H,6-8,10,12-14,19-20,22H2,1-5H3. The van der Waals surface area contributed by atoms with Crippen LogP contribution in [0.3, 0.4) is 0 Å². The first-order valence-electron chi connectivity index (χ1n) is 15.2. The Hall–Kier alpha value is -2.46. The molecule has 0 bridgehead atoms. The first-order chi connectivity index (χ1) is 18.8. The van der Waals surface area contributed by atoms with E-state index in [4.69, 9.17) is 4.74 Å². The summed E-state index contributed by atoms with van der Waals surface area (Å²) in [5, 5.41) is 9.58. The number of nitrogens with zero attached hydrogens (tertiary/aromatic N) is 1. The maximum absolute atomic E-state index is 14.5. The molecule has 1 N–H and O–H groups in total. The number of benzene rings is 1. The fraction of sp³-hybridized carbons (Fsp3) is 0.571. The second-order valence-electron chi connectivity index (χ2n) is 11.6. The molecule has 39 heavy (non-hydrogen) atoms. The molecule has 0 spiro atoms. The molecule has 5 atom stereocenters. The molecule has 0 aliphatic heterocycles. The zero-order chi connectivity index (χ0) is 28.2. The molecule has 1 aromatic carbocycles. The molecule has 3 nitrogen and oxygen atoms in total. The fourth-order valence-electron chi connectivity index (χ4n) is 5.51. The predicted molar refractivity (Wildman–Crippen MR) is 162 cm³/mol. The normalized spacial score (nSPS) is 19.5. The second-order valence-corrected chi connectivity index (χ2v) is 11.6. The highest BCUT2D eigenvalue weighted by Gasteiger charge is 2.41. The van der Waals surface area contributed by atoms with E-state index in [2.05, 4.69) is 44.0 Å². The highest BCUT2D eigenvalue weighted by molar-refractivity contribution is 5.51. The van der Waals surface area contributed by atoms with Crippen LogP contribution in [0.25, 0.3) is 12.2 Å². The van der Waals surface area contributed by atoms with Crippen LogP contribution in [-0.2, 0) is 6.42 Å². The van der Waals surface area contributed by atoms with Gasteiger partial charge in [0.15, 0.2) is 0 Å². The Bertz CT molecular complexity index is 1080. The van der Waals surface area contributed by atoms with Gasteiger partial charge in [0.05, 0.1) is 18.4 Å². The molecule has 1 heterocycles. The number of ether oxygens (including phenoxy) is 1. The molecule has 0 saturated heterocycles. The van der Waals surface area contributed by atoms with Crippen molar-refractivity contribution in [2.75, 3.05) is 6.61 Å². The number of pyridine rings is 1. The van der Waals surface area contributed by atoms with Crippen molar-refractivity contribution in [3.8, 4) is 5.75 Å². The van der Waals surface area contributed by atoms with Crippen molar-refractivity contribution in [2.45, 2.75) is 98.5 Å². The third-order valence-electron chi connectivity index (χ3n) is 8.44. The molecule has 1 aromatic heterocycles. The molecular formula is C35H50FNO2.